The van der Waals surface area contributed by atoms with Crippen molar-refractivity contribution >= 4 is 39.9 Å². The predicted octanol–water partition coefficient (Wildman–Crippen LogP) is 7.42. The van der Waals surface area contributed by atoms with E-state index in [1.54, 1.807) is 6.07 Å². The maximum Gasteiger partial charge on any atom is 0.162 e. The van der Waals surface area contributed by atoms with Crippen LogP contribution in [-0.4, -0.2) is 9.97 Å². The molecule has 0 unspecified atom stereocenters. The largest absolute Gasteiger partial charge is 0.343 e. The quantitative estimate of drug-likeness (QED) is 0.486. The summed E-state index contributed by atoms with van der Waals surface area (Å²) in [6.07, 6.45) is 5.40. The number of hydrogen-bond donors (Lipinski definition) is 1. The van der Waals surface area contributed by atoms with Crippen molar-refractivity contribution in [1.29, 1.82) is 0 Å². The number of hydrogen-bond acceptors (Lipinski definition) is 3. The Labute approximate surface area is 175 Å². The zero-order valence-electron chi connectivity index (χ0n) is 15.9. The first kappa shape index (κ1) is 19.0. The molecule has 3 aromatic rings. The van der Waals surface area contributed by atoms with E-state index in [0.29, 0.717) is 15.9 Å². The minimum Gasteiger partial charge on any atom is -0.343 e. The zero-order chi connectivity index (χ0) is 19.7. The zero-order valence-corrected chi connectivity index (χ0v) is 17.4. The fraction of sp³-hybridized carbons (Fsp3) is 0.217. The van der Waals surface area contributed by atoms with Crippen LogP contribution in [-0.2, 0) is 0 Å². The molecule has 0 fully saturated rings. The molecule has 1 aromatic heterocycles. The number of allylic oxidation sites excluding steroid dienone is 4. The second-order valence-corrected chi connectivity index (χ2v) is 7.88. The minimum atomic E-state index is 0.566. The monoisotopic (exact) mass is 409 g/mol. The average Bonchev–Trinajstić information content (AvgIpc) is 2.67. The Morgan fingerprint density at radius 1 is 1.00 bits per heavy atom. The first-order valence-electron chi connectivity index (χ1n) is 9.43. The van der Waals surface area contributed by atoms with E-state index in [9.17, 15) is 0 Å². The molecular weight excluding hydrogens is 389 g/mol. The Morgan fingerprint density at radius 2 is 1.75 bits per heavy atom. The van der Waals surface area contributed by atoms with Crippen LogP contribution in [0.2, 0.25) is 10.0 Å². The number of benzene rings is 2. The maximum absolute atomic E-state index is 6.19. The topological polar surface area (TPSA) is 37.8 Å². The van der Waals surface area contributed by atoms with Crippen molar-refractivity contribution in [2.45, 2.75) is 33.1 Å². The Bertz CT molecular complexity index is 1100. The minimum absolute atomic E-state index is 0.566. The van der Waals surface area contributed by atoms with Crippen LogP contribution in [0.1, 0.15) is 33.1 Å². The molecule has 1 aliphatic rings. The Kier molecular flexibility index (Phi) is 5.38. The Balaban J connectivity index is 1.80. The number of aromatic nitrogens is 2. The van der Waals surface area contributed by atoms with E-state index in [2.05, 4.69) is 25.2 Å². The molecule has 0 amide bonds. The normalized spacial score (nSPS) is 14.4. The van der Waals surface area contributed by atoms with Crippen LogP contribution in [0.15, 0.2) is 65.4 Å². The summed E-state index contributed by atoms with van der Waals surface area (Å²) in [7, 11) is 0. The summed E-state index contributed by atoms with van der Waals surface area (Å²) >= 11 is 12.4. The van der Waals surface area contributed by atoms with Gasteiger partial charge in [-0.2, -0.15) is 0 Å². The molecule has 4 rings (SSSR count). The van der Waals surface area contributed by atoms with Crippen LogP contribution < -0.4 is 5.32 Å². The van der Waals surface area contributed by atoms with Crippen LogP contribution in [0.3, 0.4) is 0 Å². The molecule has 142 valence electrons. The van der Waals surface area contributed by atoms with Crippen LogP contribution >= 0.6 is 23.2 Å². The van der Waals surface area contributed by atoms with E-state index in [0.717, 1.165) is 41.5 Å². The van der Waals surface area contributed by atoms with Gasteiger partial charge in [-0.3, -0.25) is 0 Å². The lowest BCUT2D eigenvalue weighted by Crippen LogP contribution is -2.08. The third-order valence-electron chi connectivity index (χ3n) is 5.07. The van der Waals surface area contributed by atoms with Crippen molar-refractivity contribution in [2.24, 2.45) is 0 Å². The van der Waals surface area contributed by atoms with Gasteiger partial charge in [0.25, 0.3) is 0 Å². The Morgan fingerprint density at radius 3 is 2.46 bits per heavy atom. The molecule has 28 heavy (non-hydrogen) atoms. The van der Waals surface area contributed by atoms with Crippen LogP contribution in [0.5, 0.6) is 0 Å². The van der Waals surface area contributed by atoms with E-state index >= 15 is 0 Å². The van der Waals surface area contributed by atoms with Crippen molar-refractivity contribution in [3.8, 4) is 11.4 Å². The number of nitrogens with one attached hydrogen (secondary N) is 1. The van der Waals surface area contributed by atoms with Gasteiger partial charge >= 0.3 is 0 Å². The highest BCUT2D eigenvalue weighted by atomic mass is 35.5. The fourth-order valence-corrected chi connectivity index (χ4v) is 4.13. The highest BCUT2D eigenvalue weighted by Gasteiger charge is 2.14. The lowest BCUT2D eigenvalue weighted by molar-refractivity contribution is 0.841. The standard InChI is InChI=1S/C23H21Cl2N3/c1-3-15-8-9-19(10-14(15)2)26-23-20-6-4-5-7-21(20)27-22(28-23)16-11-17(24)13-18(25)12-16/h4-7,10-13H,3,8-9H2,1-2H3,(H,26,27,28). The van der Waals surface area contributed by atoms with Crippen LogP contribution in [0, 0.1) is 0 Å². The molecule has 0 saturated heterocycles. The molecule has 0 bridgehead atoms. The molecule has 1 heterocycles. The summed E-state index contributed by atoms with van der Waals surface area (Å²) < 4.78 is 0. The second-order valence-electron chi connectivity index (χ2n) is 7.01. The van der Waals surface area contributed by atoms with Gasteiger partial charge in [0.05, 0.1) is 5.52 Å². The average molecular weight is 410 g/mol. The van der Waals surface area contributed by atoms with Crippen LogP contribution in [0.4, 0.5) is 5.82 Å². The molecule has 2 aromatic carbocycles. The van der Waals surface area contributed by atoms with E-state index < -0.39 is 0 Å². The van der Waals surface area contributed by atoms with Crippen molar-refractivity contribution in [2.75, 3.05) is 5.32 Å². The summed E-state index contributed by atoms with van der Waals surface area (Å²) in [4.78, 5) is 9.54. The summed E-state index contributed by atoms with van der Waals surface area (Å²) in [6.45, 7) is 4.39. The molecule has 0 atom stereocenters. The van der Waals surface area contributed by atoms with Gasteiger partial charge in [0.15, 0.2) is 5.82 Å². The van der Waals surface area contributed by atoms with Gasteiger partial charge in [-0.15, -0.1) is 0 Å². The molecule has 1 aliphatic carbocycles. The van der Waals surface area contributed by atoms with E-state index in [4.69, 9.17) is 33.2 Å². The van der Waals surface area contributed by atoms with E-state index in [-0.39, 0.29) is 0 Å². The number of halogens is 2. The summed E-state index contributed by atoms with van der Waals surface area (Å²) in [6, 6.07) is 13.4. The molecule has 0 saturated carbocycles. The number of rotatable bonds is 4. The van der Waals surface area contributed by atoms with Gasteiger partial charge < -0.3 is 5.32 Å². The van der Waals surface area contributed by atoms with Gasteiger partial charge in [0.2, 0.25) is 0 Å². The third-order valence-corrected chi connectivity index (χ3v) is 5.51. The number of para-hydroxylation sites is 1. The predicted molar refractivity (Wildman–Crippen MR) is 119 cm³/mol. The van der Waals surface area contributed by atoms with Crippen molar-refractivity contribution in [3.05, 3.63) is 75.4 Å². The van der Waals surface area contributed by atoms with Gasteiger partial charge in [-0.1, -0.05) is 53.4 Å². The maximum atomic E-state index is 6.19. The molecule has 0 radical (unpaired) electrons. The number of fused-ring (bicyclic) bond motifs is 1. The first-order valence-corrected chi connectivity index (χ1v) is 10.2. The van der Waals surface area contributed by atoms with Gasteiger partial charge in [-0.25, -0.2) is 9.97 Å². The molecule has 3 nitrogen and oxygen atoms in total. The smallest absolute Gasteiger partial charge is 0.162 e. The van der Waals surface area contributed by atoms with Gasteiger partial charge in [0, 0.05) is 26.7 Å². The summed E-state index contributed by atoms with van der Waals surface area (Å²) in [5.74, 6) is 1.40. The Hall–Kier alpha value is -2.36. The van der Waals surface area contributed by atoms with Gasteiger partial charge in [-0.05, 0) is 62.6 Å². The van der Waals surface area contributed by atoms with Gasteiger partial charge in [0.1, 0.15) is 5.82 Å². The lowest BCUT2D eigenvalue weighted by atomic mass is 9.94. The third kappa shape index (κ3) is 3.91. The highest BCUT2D eigenvalue weighted by Crippen LogP contribution is 2.31. The summed E-state index contributed by atoms with van der Waals surface area (Å²) in [5, 5.41) is 5.67. The SMILES string of the molecule is CCC1=C(C)C=C(Nc2nc(-c3cc(Cl)cc(Cl)c3)nc3ccccc23)CC1. The second kappa shape index (κ2) is 7.94. The molecule has 0 spiro atoms. The summed E-state index contributed by atoms with van der Waals surface area (Å²) in [5.41, 5.74) is 5.72. The fourth-order valence-electron chi connectivity index (χ4n) is 3.61. The lowest BCUT2D eigenvalue weighted by Gasteiger charge is -2.19. The van der Waals surface area contributed by atoms with Crippen molar-refractivity contribution in [1.82, 2.24) is 9.97 Å². The highest BCUT2D eigenvalue weighted by molar-refractivity contribution is 6.35. The molecule has 1 N–H and O–H groups in total. The molecular formula is C23H21Cl2N3. The van der Waals surface area contributed by atoms with E-state index in [1.807, 2.05) is 36.4 Å². The van der Waals surface area contributed by atoms with Crippen molar-refractivity contribution in [3.63, 3.8) is 0 Å². The van der Waals surface area contributed by atoms with Crippen LogP contribution in [0.25, 0.3) is 22.3 Å². The first-order chi connectivity index (χ1) is 13.5. The number of anilines is 1. The van der Waals surface area contributed by atoms with E-state index in [1.165, 1.54) is 16.8 Å². The molecule has 0 aliphatic heterocycles. The number of nitrogens with zero attached hydrogens (tertiary/aromatic N) is 2. The molecule has 5 heteroatoms. The van der Waals surface area contributed by atoms with Crippen molar-refractivity contribution < 1.29 is 0 Å².